The third-order valence-corrected chi connectivity index (χ3v) is 3.58. The van der Waals surface area contributed by atoms with Crippen LogP contribution in [0.15, 0.2) is 12.1 Å². The molecule has 1 aromatic rings. The summed E-state index contributed by atoms with van der Waals surface area (Å²) in [6.07, 6.45) is 0.852. The number of nitrogens with zero attached hydrogens (tertiary/aromatic N) is 1. The molecule has 2 rings (SSSR count). The highest BCUT2D eigenvalue weighted by Crippen LogP contribution is 2.38. The molecule has 0 spiro atoms. The molecule has 5 nitrogen and oxygen atoms in total. The number of hydrogen-bond donors (Lipinski definition) is 1. The van der Waals surface area contributed by atoms with Crippen LogP contribution in [0.3, 0.4) is 0 Å². The molecule has 0 aliphatic carbocycles. The van der Waals surface area contributed by atoms with Gasteiger partial charge in [0.1, 0.15) is 0 Å². The van der Waals surface area contributed by atoms with Gasteiger partial charge in [0.2, 0.25) is 0 Å². The Morgan fingerprint density at radius 1 is 1.29 bits per heavy atom. The van der Waals surface area contributed by atoms with Gasteiger partial charge in [-0.1, -0.05) is 11.6 Å². The zero-order valence-electron chi connectivity index (χ0n) is 12.3. The Morgan fingerprint density at radius 2 is 2.10 bits per heavy atom. The van der Waals surface area contributed by atoms with E-state index in [0.29, 0.717) is 49.4 Å². The van der Waals surface area contributed by atoms with E-state index in [1.807, 2.05) is 12.1 Å². The molecule has 1 N–H and O–H groups in total. The molecule has 0 radical (unpaired) electrons. The summed E-state index contributed by atoms with van der Waals surface area (Å²) in [6, 6.07) is 3.86. The maximum absolute atomic E-state index is 9.14. The third-order valence-electron chi connectivity index (χ3n) is 3.30. The molecule has 0 unspecified atom stereocenters. The van der Waals surface area contributed by atoms with Crippen molar-refractivity contribution >= 4 is 11.6 Å². The van der Waals surface area contributed by atoms with Crippen molar-refractivity contribution in [1.29, 1.82) is 0 Å². The molecule has 1 aliphatic heterocycles. The first-order valence-corrected chi connectivity index (χ1v) is 7.52. The van der Waals surface area contributed by atoms with Gasteiger partial charge < -0.3 is 19.3 Å². The van der Waals surface area contributed by atoms with E-state index in [1.54, 1.807) is 7.11 Å². The summed E-state index contributed by atoms with van der Waals surface area (Å²) < 4.78 is 16.4. The van der Waals surface area contributed by atoms with Gasteiger partial charge in [-0.05, 0) is 17.7 Å². The lowest BCUT2D eigenvalue weighted by Crippen LogP contribution is -2.29. The smallest absolute Gasteiger partial charge is 0.179 e. The Labute approximate surface area is 130 Å². The molecule has 0 fully saturated rings. The maximum Gasteiger partial charge on any atom is 0.179 e. The minimum atomic E-state index is 0.113. The number of halogens is 1. The van der Waals surface area contributed by atoms with Crippen LogP contribution in [0.1, 0.15) is 12.0 Å². The number of hydrogen-bond acceptors (Lipinski definition) is 5. The van der Waals surface area contributed by atoms with Crippen LogP contribution in [0.2, 0.25) is 5.02 Å². The van der Waals surface area contributed by atoms with Gasteiger partial charge >= 0.3 is 0 Å². The van der Waals surface area contributed by atoms with Crippen molar-refractivity contribution in [2.24, 2.45) is 0 Å². The number of aliphatic hydroxyl groups is 1. The van der Waals surface area contributed by atoms with Gasteiger partial charge in [0.25, 0.3) is 0 Å². The molecule has 1 heterocycles. The van der Waals surface area contributed by atoms with E-state index in [9.17, 15) is 0 Å². The second-order valence-corrected chi connectivity index (χ2v) is 5.36. The molecule has 0 aromatic heterocycles. The van der Waals surface area contributed by atoms with Crippen molar-refractivity contribution in [1.82, 2.24) is 4.90 Å². The van der Waals surface area contributed by atoms with Crippen molar-refractivity contribution in [3.05, 3.63) is 22.7 Å². The minimum absolute atomic E-state index is 0.113. The van der Waals surface area contributed by atoms with E-state index in [2.05, 4.69) is 4.90 Å². The van der Waals surface area contributed by atoms with E-state index >= 15 is 0 Å². The number of benzene rings is 1. The topological polar surface area (TPSA) is 51.2 Å². The fourth-order valence-electron chi connectivity index (χ4n) is 2.27. The monoisotopic (exact) mass is 315 g/mol. The average Bonchev–Trinajstić information content (AvgIpc) is 2.70. The summed E-state index contributed by atoms with van der Waals surface area (Å²) in [5, 5.41) is 9.71. The lowest BCUT2D eigenvalue weighted by atomic mass is 10.2. The first-order valence-electron chi connectivity index (χ1n) is 7.14. The highest BCUT2D eigenvalue weighted by atomic mass is 35.5. The number of aliphatic hydroxyl groups excluding tert-OH is 1. The minimum Gasteiger partial charge on any atom is -0.489 e. The molecule has 0 saturated carbocycles. The predicted octanol–water partition coefficient (Wildman–Crippen LogP) is 1.94. The van der Waals surface area contributed by atoms with Crippen molar-refractivity contribution in [2.75, 3.05) is 46.6 Å². The molecule has 6 heteroatoms. The first kappa shape index (κ1) is 16.4. The molecular formula is C15H22ClNO4. The zero-order chi connectivity index (χ0) is 15.1. The van der Waals surface area contributed by atoms with Crippen LogP contribution >= 0.6 is 11.6 Å². The predicted molar refractivity (Wildman–Crippen MR) is 81.3 cm³/mol. The van der Waals surface area contributed by atoms with Gasteiger partial charge in [-0.2, -0.15) is 0 Å². The van der Waals surface area contributed by atoms with Crippen molar-refractivity contribution < 1.29 is 19.3 Å². The van der Waals surface area contributed by atoms with Crippen molar-refractivity contribution in [2.45, 2.75) is 13.0 Å². The second kappa shape index (κ2) is 8.44. The molecule has 21 heavy (non-hydrogen) atoms. The zero-order valence-corrected chi connectivity index (χ0v) is 13.1. The standard InChI is InChI=1S/C15H22ClNO4/c1-19-8-4-17(3-5-18)11-12-9-13(16)15-14(10-12)20-6-2-7-21-15/h9-10,18H,2-8,11H2,1H3. The average molecular weight is 316 g/mol. The van der Waals surface area contributed by atoms with Gasteiger partial charge in [0, 0.05) is 33.2 Å². The van der Waals surface area contributed by atoms with Gasteiger partial charge in [-0.25, -0.2) is 0 Å². The highest BCUT2D eigenvalue weighted by molar-refractivity contribution is 6.32. The normalized spacial score (nSPS) is 14.3. The quantitative estimate of drug-likeness (QED) is 0.833. The summed E-state index contributed by atoms with van der Waals surface area (Å²) in [6.45, 7) is 4.02. The lowest BCUT2D eigenvalue weighted by Gasteiger charge is -2.21. The summed E-state index contributed by atoms with van der Waals surface area (Å²) >= 11 is 6.29. The van der Waals surface area contributed by atoms with Crippen LogP contribution in [0.4, 0.5) is 0 Å². The molecule has 118 valence electrons. The fraction of sp³-hybridized carbons (Fsp3) is 0.600. The van der Waals surface area contributed by atoms with Crippen LogP contribution in [0.5, 0.6) is 11.5 Å². The molecule has 0 saturated heterocycles. The van der Waals surface area contributed by atoms with Gasteiger partial charge in [-0.3, -0.25) is 4.90 Å². The van der Waals surface area contributed by atoms with E-state index in [4.69, 9.17) is 30.9 Å². The summed E-state index contributed by atoms with van der Waals surface area (Å²) in [7, 11) is 1.67. The summed E-state index contributed by atoms with van der Waals surface area (Å²) in [5.74, 6) is 1.33. The third kappa shape index (κ3) is 4.74. The Morgan fingerprint density at radius 3 is 2.86 bits per heavy atom. The Bertz CT molecular complexity index is 456. The SMILES string of the molecule is COCCN(CCO)Cc1cc(Cl)c2c(c1)OCCCO2. The van der Waals surface area contributed by atoms with E-state index < -0.39 is 0 Å². The Hall–Kier alpha value is -1.01. The molecule has 1 aliphatic rings. The number of fused-ring (bicyclic) bond motifs is 1. The maximum atomic E-state index is 9.14. The number of ether oxygens (including phenoxy) is 3. The van der Waals surface area contributed by atoms with E-state index in [0.717, 1.165) is 18.5 Å². The van der Waals surface area contributed by atoms with Gasteiger partial charge in [0.05, 0.1) is 31.5 Å². The molecule has 0 amide bonds. The van der Waals surface area contributed by atoms with Crippen LogP contribution in [-0.2, 0) is 11.3 Å². The summed E-state index contributed by atoms with van der Waals surface area (Å²) in [4.78, 5) is 2.11. The summed E-state index contributed by atoms with van der Waals surface area (Å²) in [5.41, 5.74) is 1.04. The highest BCUT2D eigenvalue weighted by Gasteiger charge is 2.16. The molecule has 0 atom stereocenters. The van der Waals surface area contributed by atoms with Gasteiger partial charge in [-0.15, -0.1) is 0 Å². The van der Waals surface area contributed by atoms with Crippen LogP contribution in [-0.4, -0.2) is 56.6 Å². The van der Waals surface area contributed by atoms with Crippen molar-refractivity contribution in [3.63, 3.8) is 0 Å². The molecule has 1 aromatic carbocycles. The van der Waals surface area contributed by atoms with Crippen LogP contribution in [0.25, 0.3) is 0 Å². The van der Waals surface area contributed by atoms with Crippen LogP contribution in [0, 0.1) is 0 Å². The number of methoxy groups -OCH3 is 1. The van der Waals surface area contributed by atoms with E-state index in [-0.39, 0.29) is 6.61 Å². The first-order chi connectivity index (χ1) is 10.2. The van der Waals surface area contributed by atoms with E-state index in [1.165, 1.54) is 0 Å². The van der Waals surface area contributed by atoms with Crippen LogP contribution < -0.4 is 9.47 Å². The van der Waals surface area contributed by atoms with Crippen molar-refractivity contribution in [3.8, 4) is 11.5 Å². The number of rotatable bonds is 7. The largest absolute Gasteiger partial charge is 0.489 e. The molecular weight excluding hydrogens is 294 g/mol. The second-order valence-electron chi connectivity index (χ2n) is 4.95. The fourth-order valence-corrected chi connectivity index (χ4v) is 2.55. The van der Waals surface area contributed by atoms with Gasteiger partial charge in [0.15, 0.2) is 11.5 Å². The lowest BCUT2D eigenvalue weighted by molar-refractivity contribution is 0.127. The Balaban J connectivity index is 2.11. The molecule has 0 bridgehead atoms. The Kier molecular flexibility index (Phi) is 6.57.